The van der Waals surface area contributed by atoms with E-state index in [0.717, 1.165) is 30.7 Å². The summed E-state index contributed by atoms with van der Waals surface area (Å²) < 4.78 is 12.1. The Hall–Kier alpha value is -3.01. The van der Waals surface area contributed by atoms with Crippen LogP contribution in [0.25, 0.3) is 5.82 Å². The van der Waals surface area contributed by atoms with Crippen LogP contribution in [0.3, 0.4) is 0 Å². The minimum absolute atomic E-state index is 0.110. The molecule has 174 valence electrons. The monoisotopic (exact) mass is 467 g/mol. The maximum absolute atomic E-state index is 13.2. The summed E-state index contributed by atoms with van der Waals surface area (Å²) in [6.07, 6.45) is 8.91. The summed E-state index contributed by atoms with van der Waals surface area (Å²) in [5.41, 5.74) is 0.430. The molecule has 1 saturated carbocycles. The average molecular weight is 468 g/mol. The molecule has 1 aliphatic heterocycles. The number of ether oxygens (including phenoxy) is 1. The Kier molecular flexibility index (Phi) is 5.55. The number of nitrogens with zero attached hydrogens (tertiary/aromatic N) is 6. The number of hydrogen-bond acceptors (Lipinski definition) is 7. The van der Waals surface area contributed by atoms with Crippen LogP contribution in [0.15, 0.2) is 41.7 Å². The molecule has 0 unspecified atom stereocenters. The first-order valence-corrected chi connectivity index (χ1v) is 12.1. The highest BCUT2D eigenvalue weighted by Gasteiger charge is 2.39. The van der Waals surface area contributed by atoms with Crippen molar-refractivity contribution in [2.45, 2.75) is 56.6 Å². The van der Waals surface area contributed by atoms with E-state index in [2.05, 4.69) is 40.6 Å². The van der Waals surface area contributed by atoms with Crippen LogP contribution in [-0.2, 0) is 7.05 Å². The van der Waals surface area contributed by atoms with Crippen LogP contribution in [0.1, 0.15) is 50.4 Å². The number of anilines is 1. The topological polar surface area (TPSA) is 90.1 Å². The van der Waals surface area contributed by atoms with Gasteiger partial charge in [0.15, 0.2) is 5.82 Å². The van der Waals surface area contributed by atoms with Gasteiger partial charge in [-0.1, -0.05) is 6.92 Å². The molecule has 1 saturated heterocycles. The molecule has 0 spiro atoms. The molecule has 33 heavy (non-hydrogen) atoms. The van der Waals surface area contributed by atoms with Gasteiger partial charge in [0.2, 0.25) is 5.88 Å². The number of carbonyl (C=O) groups excluding carboxylic acids is 1. The molecule has 5 rings (SSSR count). The van der Waals surface area contributed by atoms with Crippen molar-refractivity contribution in [1.82, 2.24) is 29.3 Å². The fourth-order valence-corrected chi connectivity index (χ4v) is 5.00. The molecule has 1 N–H and O–H groups in total. The molecule has 9 nitrogen and oxygen atoms in total. The second-order valence-corrected chi connectivity index (χ2v) is 10.5. The second kappa shape index (κ2) is 8.40. The van der Waals surface area contributed by atoms with Gasteiger partial charge >= 0.3 is 0 Å². The maximum Gasteiger partial charge on any atom is 0.265 e. The van der Waals surface area contributed by atoms with Crippen molar-refractivity contribution < 1.29 is 9.53 Å². The summed E-state index contributed by atoms with van der Waals surface area (Å²) in [4.78, 5) is 21.2. The van der Waals surface area contributed by atoms with Gasteiger partial charge in [-0.05, 0) is 63.1 Å². The van der Waals surface area contributed by atoms with E-state index in [0.29, 0.717) is 29.0 Å². The highest BCUT2D eigenvalue weighted by atomic mass is 32.2. The lowest BCUT2D eigenvalue weighted by Crippen LogP contribution is -2.40. The first kappa shape index (κ1) is 21.8. The lowest BCUT2D eigenvalue weighted by molar-refractivity contribution is 0.0984. The molecule has 0 bridgehead atoms. The molecule has 3 aromatic rings. The summed E-state index contributed by atoms with van der Waals surface area (Å²) in [6, 6.07) is 5.51. The number of amides is 1. The van der Waals surface area contributed by atoms with Crippen LogP contribution in [0, 0.1) is 5.92 Å². The summed E-state index contributed by atoms with van der Waals surface area (Å²) in [5, 5.41) is 8.68. The molecule has 2 fully saturated rings. The number of carbonyl (C=O) groups is 1. The van der Waals surface area contributed by atoms with Crippen LogP contribution < -0.4 is 14.4 Å². The molecule has 4 heterocycles. The standard InChI is InChI=1S/C23H29N7O2S/c1-15-11-23(2,3)29(13-15)21-18(22(31)27-33-17-12-24-28(4)14-17)7-8-19(25-21)30-10-9-20(26-30)32-16-5-6-16/h7-10,12,14-16H,5-6,11,13H2,1-4H3,(H,27,31)/t15-/m0/s1. The molecular formula is C23H29N7O2S. The molecule has 1 atom stereocenters. The zero-order valence-electron chi connectivity index (χ0n) is 19.4. The quantitative estimate of drug-likeness (QED) is 0.531. The fourth-order valence-electron chi connectivity index (χ4n) is 4.37. The summed E-state index contributed by atoms with van der Waals surface area (Å²) in [6.45, 7) is 7.48. The van der Waals surface area contributed by atoms with Crippen LogP contribution >= 0.6 is 11.9 Å². The highest BCUT2D eigenvalue weighted by molar-refractivity contribution is 7.98. The molecule has 2 aliphatic rings. The summed E-state index contributed by atoms with van der Waals surface area (Å²) in [7, 11) is 1.85. The Labute approximate surface area is 197 Å². The lowest BCUT2D eigenvalue weighted by atomic mass is 9.97. The van der Waals surface area contributed by atoms with Gasteiger partial charge in [0.25, 0.3) is 5.91 Å². The second-order valence-electron chi connectivity index (χ2n) is 9.57. The van der Waals surface area contributed by atoms with E-state index in [1.54, 1.807) is 15.6 Å². The normalized spacial score (nSPS) is 19.6. The van der Waals surface area contributed by atoms with E-state index >= 15 is 0 Å². The Balaban J connectivity index is 1.45. The molecule has 1 aliphatic carbocycles. The van der Waals surface area contributed by atoms with Gasteiger partial charge in [0.05, 0.1) is 16.7 Å². The Morgan fingerprint density at radius 3 is 2.76 bits per heavy atom. The van der Waals surface area contributed by atoms with Crippen molar-refractivity contribution in [3.8, 4) is 11.7 Å². The zero-order chi connectivity index (χ0) is 23.2. The number of aryl methyl sites for hydroxylation is 1. The third kappa shape index (κ3) is 4.71. The van der Waals surface area contributed by atoms with Crippen molar-refractivity contribution in [1.29, 1.82) is 0 Å². The van der Waals surface area contributed by atoms with Gasteiger partial charge in [0, 0.05) is 37.6 Å². The summed E-state index contributed by atoms with van der Waals surface area (Å²) in [5.74, 6) is 2.25. The van der Waals surface area contributed by atoms with Crippen LogP contribution in [0.4, 0.5) is 5.82 Å². The predicted octanol–water partition coefficient (Wildman–Crippen LogP) is 3.60. The maximum atomic E-state index is 13.2. The number of aromatic nitrogens is 5. The van der Waals surface area contributed by atoms with Crippen molar-refractivity contribution in [2.75, 3.05) is 11.4 Å². The fraction of sp³-hybridized carbons (Fsp3) is 0.478. The SMILES string of the molecule is C[C@@H]1CN(c2nc(-n3ccc(OC4CC4)n3)ccc2C(=O)NSc2cnn(C)c2)C(C)(C)C1. The Morgan fingerprint density at radius 2 is 2.09 bits per heavy atom. The Bertz CT molecular complexity index is 1170. The van der Waals surface area contributed by atoms with Crippen LogP contribution in [-0.4, -0.2) is 48.6 Å². The highest BCUT2D eigenvalue weighted by Crippen LogP contribution is 2.38. The first-order chi connectivity index (χ1) is 15.8. The number of rotatable bonds is 7. The minimum atomic E-state index is -0.188. The molecule has 3 aromatic heterocycles. The van der Waals surface area contributed by atoms with Crippen molar-refractivity contribution >= 4 is 23.7 Å². The van der Waals surface area contributed by atoms with Crippen molar-refractivity contribution in [3.63, 3.8) is 0 Å². The predicted molar refractivity (Wildman–Crippen MR) is 127 cm³/mol. The molecule has 1 amide bonds. The largest absolute Gasteiger partial charge is 0.473 e. The van der Waals surface area contributed by atoms with Gasteiger partial charge in [-0.2, -0.15) is 5.10 Å². The van der Waals surface area contributed by atoms with Crippen LogP contribution in [0.2, 0.25) is 0 Å². The molecule has 10 heteroatoms. The number of pyridine rings is 1. The van der Waals surface area contributed by atoms with Gasteiger partial charge in [-0.25, -0.2) is 9.67 Å². The van der Waals surface area contributed by atoms with Crippen molar-refractivity contribution in [2.24, 2.45) is 13.0 Å². The van der Waals surface area contributed by atoms with E-state index in [1.165, 1.54) is 11.9 Å². The number of nitrogens with one attached hydrogen (secondary N) is 1. The Morgan fingerprint density at radius 1 is 1.27 bits per heavy atom. The van der Waals surface area contributed by atoms with E-state index < -0.39 is 0 Å². The van der Waals surface area contributed by atoms with Gasteiger partial charge < -0.3 is 9.64 Å². The third-order valence-electron chi connectivity index (χ3n) is 5.99. The first-order valence-electron chi connectivity index (χ1n) is 11.3. The van der Waals surface area contributed by atoms with Gasteiger partial charge in [0.1, 0.15) is 11.9 Å². The molecular weight excluding hydrogens is 438 g/mol. The van der Waals surface area contributed by atoms with E-state index in [1.807, 2.05) is 37.6 Å². The number of hydrogen-bond donors (Lipinski definition) is 1. The molecule has 0 aromatic carbocycles. The minimum Gasteiger partial charge on any atom is -0.473 e. The molecule has 0 radical (unpaired) electrons. The average Bonchev–Trinajstić information content (AvgIpc) is 3.15. The lowest BCUT2D eigenvalue weighted by Gasteiger charge is -2.34. The summed E-state index contributed by atoms with van der Waals surface area (Å²) >= 11 is 1.25. The van der Waals surface area contributed by atoms with Crippen molar-refractivity contribution in [3.05, 3.63) is 42.4 Å². The van der Waals surface area contributed by atoms with Gasteiger partial charge in [-0.15, -0.1) is 5.10 Å². The zero-order valence-corrected chi connectivity index (χ0v) is 20.2. The van der Waals surface area contributed by atoms with E-state index in [9.17, 15) is 4.79 Å². The van der Waals surface area contributed by atoms with Gasteiger partial charge in [-0.3, -0.25) is 14.2 Å². The van der Waals surface area contributed by atoms with E-state index in [-0.39, 0.29) is 17.6 Å². The smallest absolute Gasteiger partial charge is 0.265 e. The van der Waals surface area contributed by atoms with E-state index in [4.69, 9.17) is 9.72 Å². The third-order valence-corrected chi connectivity index (χ3v) is 6.72. The van der Waals surface area contributed by atoms with Crippen LogP contribution in [0.5, 0.6) is 5.88 Å².